The van der Waals surface area contributed by atoms with Crippen LogP contribution in [-0.2, 0) is 4.79 Å². The molecule has 0 aliphatic carbocycles. The third-order valence-corrected chi connectivity index (χ3v) is 6.17. The van der Waals surface area contributed by atoms with Gasteiger partial charge in [0.1, 0.15) is 22.9 Å². The Hall–Kier alpha value is -2.78. The van der Waals surface area contributed by atoms with Crippen LogP contribution in [0.5, 0.6) is 0 Å². The number of nitrogens with zero attached hydrogens (tertiary/aromatic N) is 3. The van der Waals surface area contributed by atoms with Crippen LogP contribution in [-0.4, -0.2) is 26.8 Å². The van der Waals surface area contributed by atoms with Crippen molar-refractivity contribution in [3.05, 3.63) is 54.3 Å². The van der Waals surface area contributed by atoms with Crippen LogP contribution in [0, 0.1) is 12.7 Å². The van der Waals surface area contributed by atoms with Gasteiger partial charge >= 0.3 is 0 Å². The highest BCUT2D eigenvalue weighted by Crippen LogP contribution is 2.37. The van der Waals surface area contributed by atoms with E-state index in [1.54, 1.807) is 36.5 Å². The van der Waals surface area contributed by atoms with Gasteiger partial charge in [-0.3, -0.25) is 4.79 Å². The fourth-order valence-corrected chi connectivity index (χ4v) is 4.70. The van der Waals surface area contributed by atoms with Crippen LogP contribution in [0.4, 0.5) is 10.2 Å². The minimum absolute atomic E-state index is 0.135. The number of hydrogen-bond acceptors (Lipinski definition) is 7. The number of carbonyl (C=O) groups is 1. The summed E-state index contributed by atoms with van der Waals surface area (Å²) in [4.78, 5) is 21.7. The van der Waals surface area contributed by atoms with Gasteiger partial charge in [0.15, 0.2) is 5.82 Å². The molecule has 9 heteroatoms. The fourth-order valence-electron chi connectivity index (χ4n) is 2.56. The van der Waals surface area contributed by atoms with Crippen molar-refractivity contribution in [3.8, 4) is 10.4 Å². The maximum absolute atomic E-state index is 13.2. The lowest BCUT2D eigenvalue weighted by atomic mass is 10.2. The molecule has 1 N–H and O–H groups in total. The molecule has 4 aromatic rings. The maximum atomic E-state index is 13.2. The molecular formula is C19H15FN4O2S2. The molecule has 3 heterocycles. The molecule has 1 amide bonds. The predicted molar refractivity (Wildman–Crippen MR) is 108 cm³/mol. The highest BCUT2D eigenvalue weighted by Gasteiger charge is 2.12. The van der Waals surface area contributed by atoms with E-state index in [0.717, 1.165) is 25.7 Å². The summed E-state index contributed by atoms with van der Waals surface area (Å²) in [5.41, 5.74) is 1.77. The normalized spacial score (nSPS) is 11.1. The Morgan fingerprint density at radius 1 is 1.25 bits per heavy atom. The lowest BCUT2D eigenvalue weighted by Crippen LogP contribution is -2.12. The maximum Gasteiger partial charge on any atom is 0.226 e. The van der Waals surface area contributed by atoms with Gasteiger partial charge in [-0.15, -0.1) is 23.1 Å². The van der Waals surface area contributed by atoms with Gasteiger partial charge in [0.2, 0.25) is 5.91 Å². The molecule has 1 aromatic carbocycles. The smallest absolute Gasteiger partial charge is 0.226 e. The number of hydrogen-bond donors (Lipinski definition) is 1. The Morgan fingerprint density at radius 3 is 2.82 bits per heavy atom. The van der Waals surface area contributed by atoms with Crippen molar-refractivity contribution in [2.75, 3.05) is 11.1 Å². The van der Waals surface area contributed by atoms with Gasteiger partial charge in [0, 0.05) is 23.1 Å². The van der Waals surface area contributed by atoms with Crippen molar-refractivity contribution < 1.29 is 13.7 Å². The van der Waals surface area contributed by atoms with Gasteiger partial charge in [-0.25, -0.2) is 14.4 Å². The van der Waals surface area contributed by atoms with Crippen molar-refractivity contribution in [2.45, 2.75) is 18.4 Å². The second-order valence-electron chi connectivity index (χ2n) is 5.98. The molecule has 0 aliphatic rings. The average Bonchev–Trinajstić information content (AvgIpc) is 3.29. The Bertz CT molecular complexity index is 1120. The standard InChI is InChI=1S/C19H15FN4O2S2/c1-11-8-16(24-26-11)23-17(25)6-7-27-19-18-14(21-10-22-19)9-15(28-18)12-2-4-13(20)5-3-12/h2-5,8-10H,6-7H2,1H3,(H,23,24,25). The number of aromatic nitrogens is 3. The van der Waals surface area contributed by atoms with Crippen LogP contribution in [0.15, 0.2) is 52.3 Å². The van der Waals surface area contributed by atoms with E-state index in [4.69, 9.17) is 4.52 Å². The van der Waals surface area contributed by atoms with E-state index in [-0.39, 0.29) is 11.7 Å². The minimum Gasteiger partial charge on any atom is -0.360 e. The summed E-state index contributed by atoms with van der Waals surface area (Å²) in [6, 6.07) is 10.0. The first-order valence-electron chi connectivity index (χ1n) is 8.45. The molecule has 0 radical (unpaired) electrons. The summed E-state index contributed by atoms with van der Waals surface area (Å²) in [6.45, 7) is 1.76. The highest BCUT2D eigenvalue weighted by molar-refractivity contribution is 7.99. The predicted octanol–water partition coefficient (Wildman–Crippen LogP) is 4.91. The molecule has 0 unspecified atom stereocenters. The van der Waals surface area contributed by atoms with Crippen LogP contribution >= 0.6 is 23.1 Å². The summed E-state index contributed by atoms with van der Waals surface area (Å²) in [7, 11) is 0. The van der Waals surface area contributed by atoms with E-state index in [1.807, 2.05) is 6.07 Å². The van der Waals surface area contributed by atoms with E-state index in [9.17, 15) is 9.18 Å². The summed E-state index contributed by atoms with van der Waals surface area (Å²) in [5, 5.41) is 7.27. The summed E-state index contributed by atoms with van der Waals surface area (Å²) < 4.78 is 19.0. The summed E-state index contributed by atoms with van der Waals surface area (Å²) in [6.07, 6.45) is 1.84. The van der Waals surface area contributed by atoms with Crippen molar-refractivity contribution in [2.24, 2.45) is 0 Å². The van der Waals surface area contributed by atoms with Gasteiger partial charge in [-0.05, 0) is 30.7 Å². The number of thiophene rings is 1. The van der Waals surface area contributed by atoms with Gasteiger partial charge in [0.25, 0.3) is 0 Å². The summed E-state index contributed by atoms with van der Waals surface area (Å²) in [5.74, 6) is 1.23. The second-order valence-corrected chi connectivity index (χ2v) is 8.12. The monoisotopic (exact) mass is 414 g/mol. The number of carbonyl (C=O) groups excluding carboxylic acids is 1. The average molecular weight is 414 g/mol. The first-order valence-corrected chi connectivity index (χ1v) is 10.2. The minimum atomic E-state index is -0.264. The lowest BCUT2D eigenvalue weighted by Gasteiger charge is -2.02. The number of amides is 1. The zero-order valence-electron chi connectivity index (χ0n) is 14.8. The Morgan fingerprint density at radius 2 is 2.07 bits per heavy atom. The van der Waals surface area contributed by atoms with Crippen molar-refractivity contribution in [1.82, 2.24) is 15.1 Å². The number of anilines is 1. The van der Waals surface area contributed by atoms with E-state index >= 15 is 0 Å². The Labute approximate surface area is 168 Å². The van der Waals surface area contributed by atoms with Gasteiger partial charge < -0.3 is 9.84 Å². The van der Waals surface area contributed by atoms with Gasteiger partial charge in [-0.2, -0.15) is 0 Å². The number of benzene rings is 1. The second kappa shape index (κ2) is 8.07. The molecule has 6 nitrogen and oxygen atoms in total. The number of nitrogens with one attached hydrogen (secondary N) is 1. The van der Waals surface area contributed by atoms with Crippen LogP contribution < -0.4 is 5.32 Å². The first kappa shape index (κ1) is 18.6. The van der Waals surface area contributed by atoms with E-state index in [0.29, 0.717) is 23.8 Å². The SMILES string of the molecule is Cc1cc(NC(=O)CCSc2ncnc3cc(-c4ccc(F)cc4)sc23)no1. The van der Waals surface area contributed by atoms with Crippen LogP contribution in [0.3, 0.4) is 0 Å². The van der Waals surface area contributed by atoms with Crippen LogP contribution in [0.2, 0.25) is 0 Å². The number of thioether (sulfide) groups is 1. The van der Waals surface area contributed by atoms with Crippen molar-refractivity contribution in [1.29, 1.82) is 0 Å². The molecular weight excluding hydrogens is 399 g/mol. The molecule has 28 heavy (non-hydrogen) atoms. The van der Waals surface area contributed by atoms with Crippen LogP contribution in [0.1, 0.15) is 12.2 Å². The van der Waals surface area contributed by atoms with E-state index in [2.05, 4.69) is 20.4 Å². The van der Waals surface area contributed by atoms with E-state index < -0.39 is 0 Å². The molecule has 0 spiro atoms. The molecule has 0 saturated heterocycles. The number of rotatable bonds is 6. The molecule has 4 rings (SSSR count). The zero-order valence-corrected chi connectivity index (χ0v) is 16.4. The van der Waals surface area contributed by atoms with Crippen molar-refractivity contribution in [3.63, 3.8) is 0 Å². The van der Waals surface area contributed by atoms with Gasteiger partial charge in [-0.1, -0.05) is 17.3 Å². The number of fused-ring (bicyclic) bond motifs is 1. The molecule has 0 bridgehead atoms. The number of halogens is 1. The molecule has 142 valence electrons. The quantitative estimate of drug-likeness (QED) is 0.356. The van der Waals surface area contributed by atoms with Crippen molar-refractivity contribution >= 4 is 45.0 Å². The number of aryl methyl sites for hydroxylation is 1. The molecule has 3 aromatic heterocycles. The molecule has 0 saturated carbocycles. The molecule has 0 fully saturated rings. The Balaban J connectivity index is 1.43. The topological polar surface area (TPSA) is 80.9 Å². The van der Waals surface area contributed by atoms with Crippen LogP contribution in [0.25, 0.3) is 20.7 Å². The molecule has 0 atom stereocenters. The third-order valence-electron chi connectivity index (χ3n) is 3.87. The Kier molecular flexibility index (Phi) is 5.36. The highest BCUT2D eigenvalue weighted by atomic mass is 32.2. The third kappa shape index (κ3) is 4.20. The fraction of sp³-hybridized carbons (Fsp3) is 0.158. The molecule has 0 aliphatic heterocycles. The lowest BCUT2D eigenvalue weighted by molar-refractivity contribution is -0.115. The van der Waals surface area contributed by atoms with E-state index in [1.165, 1.54) is 30.2 Å². The zero-order chi connectivity index (χ0) is 19.5. The largest absolute Gasteiger partial charge is 0.360 e. The first-order chi connectivity index (χ1) is 13.6. The van der Waals surface area contributed by atoms with Gasteiger partial charge in [0.05, 0.1) is 10.2 Å². The summed E-state index contributed by atoms with van der Waals surface area (Å²) >= 11 is 3.06.